The Hall–Kier alpha value is -0.680. The lowest BCUT2D eigenvalue weighted by molar-refractivity contribution is 0.0929. The van der Waals surface area contributed by atoms with E-state index in [1.54, 1.807) is 18.2 Å². The van der Waals surface area contributed by atoms with Crippen LogP contribution in [0, 0.1) is 5.41 Å². The van der Waals surface area contributed by atoms with Crippen LogP contribution in [0.5, 0.6) is 0 Å². The topological polar surface area (TPSA) is 58.4 Å². The highest BCUT2D eigenvalue weighted by atomic mass is 35.5. The van der Waals surface area contributed by atoms with Crippen LogP contribution in [0.3, 0.4) is 0 Å². The van der Waals surface area contributed by atoms with Gasteiger partial charge in [-0.05, 0) is 37.7 Å². The highest BCUT2D eigenvalue weighted by molar-refractivity contribution is 6.34. The summed E-state index contributed by atoms with van der Waals surface area (Å²) in [4.78, 5) is 14.2. The van der Waals surface area contributed by atoms with Gasteiger partial charge in [0.1, 0.15) is 0 Å². The van der Waals surface area contributed by atoms with Gasteiger partial charge >= 0.3 is 0 Å². The number of anilines is 1. The Labute approximate surface area is 144 Å². The number of nitrogens with one attached hydrogen (secondary N) is 1. The van der Waals surface area contributed by atoms with Gasteiger partial charge in [0.15, 0.2) is 0 Å². The molecule has 1 aromatic rings. The third kappa shape index (κ3) is 7.77. The molecule has 0 aliphatic heterocycles. The number of amides is 1. The quantitative estimate of drug-likeness (QED) is 0.797. The second-order valence-corrected chi connectivity index (χ2v) is 6.23. The maximum Gasteiger partial charge on any atom is 0.252 e. The van der Waals surface area contributed by atoms with Crippen molar-refractivity contribution in [3.63, 3.8) is 0 Å². The highest BCUT2D eigenvalue weighted by Crippen LogP contribution is 2.20. The van der Waals surface area contributed by atoms with Gasteiger partial charge in [-0.1, -0.05) is 25.4 Å². The predicted molar refractivity (Wildman–Crippen MR) is 95.0 cm³/mol. The fraction of sp³-hybridized carbons (Fsp3) is 0.500. The van der Waals surface area contributed by atoms with E-state index < -0.39 is 0 Å². The van der Waals surface area contributed by atoms with Crippen molar-refractivity contribution in [3.05, 3.63) is 28.8 Å². The summed E-state index contributed by atoms with van der Waals surface area (Å²) in [6.45, 7) is 5.70. The van der Waals surface area contributed by atoms with Crippen LogP contribution in [0.15, 0.2) is 18.2 Å². The minimum absolute atomic E-state index is 0. The van der Waals surface area contributed by atoms with Crippen LogP contribution in [0.1, 0.15) is 24.2 Å². The first-order valence-corrected chi connectivity index (χ1v) is 6.57. The van der Waals surface area contributed by atoms with Gasteiger partial charge in [0.05, 0.1) is 10.6 Å². The third-order valence-electron chi connectivity index (χ3n) is 2.71. The van der Waals surface area contributed by atoms with E-state index in [4.69, 9.17) is 17.3 Å². The van der Waals surface area contributed by atoms with E-state index >= 15 is 0 Å². The van der Waals surface area contributed by atoms with Crippen LogP contribution < -0.4 is 11.1 Å². The fourth-order valence-corrected chi connectivity index (χ4v) is 2.32. The SMILES string of the molecule is CN(C)CC(C)(C)CNC(=O)c1ccc(N)cc1Cl.Cl.Cl. The van der Waals surface area contributed by atoms with E-state index in [1.165, 1.54) is 0 Å². The molecule has 0 bridgehead atoms. The summed E-state index contributed by atoms with van der Waals surface area (Å²) in [6.07, 6.45) is 0. The molecular weight excluding hydrogens is 333 g/mol. The lowest BCUT2D eigenvalue weighted by Crippen LogP contribution is -2.40. The zero-order valence-corrected chi connectivity index (χ0v) is 15.2. The Morgan fingerprint density at radius 3 is 2.38 bits per heavy atom. The molecule has 0 aliphatic carbocycles. The number of nitrogens with zero attached hydrogens (tertiary/aromatic N) is 1. The molecular formula is C14H24Cl3N3O. The van der Waals surface area contributed by atoms with Crippen molar-refractivity contribution in [2.24, 2.45) is 5.41 Å². The first-order chi connectivity index (χ1) is 8.71. The smallest absolute Gasteiger partial charge is 0.252 e. The largest absolute Gasteiger partial charge is 0.399 e. The van der Waals surface area contributed by atoms with E-state index in [9.17, 15) is 4.79 Å². The summed E-state index contributed by atoms with van der Waals surface area (Å²) in [5.41, 5.74) is 6.61. The van der Waals surface area contributed by atoms with Crippen LogP contribution >= 0.6 is 36.4 Å². The summed E-state index contributed by atoms with van der Waals surface area (Å²) in [5, 5.41) is 3.29. The molecule has 0 atom stereocenters. The van der Waals surface area contributed by atoms with Gasteiger partial charge in [0.25, 0.3) is 5.91 Å². The van der Waals surface area contributed by atoms with Gasteiger partial charge in [-0.2, -0.15) is 0 Å². The monoisotopic (exact) mass is 355 g/mol. The highest BCUT2D eigenvalue weighted by Gasteiger charge is 2.20. The number of nitrogens with two attached hydrogens (primary N) is 1. The molecule has 0 radical (unpaired) electrons. The molecule has 4 nitrogen and oxygen atoms in total. The molecule has 0 unspecified atom stereocenters. The Morgan fingerprint density at radius 2 is 1.90 bits per heavy atom. The second-order valence-electron chi connectivity index (χ2n) is 5.82. The summed E-state index contributed by atoms with van der Waals surface area (Å²) >= 11 is 6.01. The van der Waals surface area contributed by atoms with E-state index in [0.29, 0.717) is 22.8 Å². The van der Waals surface area contributed by atoms with Crippen molar-refractivity contribution < 1.29 is 4.79 Å². The van der Waals surface area contributed by atoms with Gasteiger partial charge in [0, 0.05) is 18.8 Å². The molecule has 0 fully saturated rings. The van der Waals surface area contributed by atoms with Crippen molar-refractivity contribution in [2.75, 3.05) is 32.9 Å². The maximum atomic E-state index is 12.1. The number of nitrogen functional groups attached to an aromatic ring is 1. The number of rotatable bonds is 5. The first-order valence-electron chi connectivity index (χ1n) is 6.19. The minimum atomic E-state index is -0.170. The molecule has 1 amide bonds. The summed E-state index contributed by atoms with van der Waals surface area (Å²) in [5.74, 6) is -0.170. The van der Waals surface area contributed by atoms with E-state index in [0.717, 1.165) is 6.54 Å². The Morgan fingerprint density at radius 1 is 1.33 bits per heavy atom. The molecule has 1 aromatic carbocycles. The summed E-state index contributed by atoms with van der Waals surface area (Å²) < 4.78 is 0. The molecule has 1 rings (SSSR count). The second kappa shape index (κ2) is 9.36. The molecule has 0 aliphatic rings. The minimum Gasteiger partial charge on any atom is -0.399 e. The molecule has 0 saturated heterocycles. The Kier molecular flexibility index (Phi) is 10.1. The van der Waals surface area contributed by atoms with Crippen molar-refractivity contribution in [3.8, 4) is 0 Å². The third-order valence-corrected chi connectivity index (χ3v) is 3.02. The lowest BCUT2D eigenvalue weighted by Gasteiger charge is -2.28. The normalized spacial score (nSPS) is 10.6. The predicted octanol–water partition coefficient (Wildman–Crippen LogP) is 3.08. The number of halogens is 3. The zero-order chi connectivity index (χ0) is 14.6. The van der Waals surface area contributed by atoms with E-state index in [2.05, 4.69) is 24.1 Å². The summed E-state index contributed by atoms with van der Waals surface area (Å²) in [7, 11) is 4.03. The molecule has 21 heavy (non-hydrogen) atoms. The van der Waals surface area contributed by atoms with Gasteiger partial charge in [-0.3, -0.25) is 4.79 Å². The van der Waals surface area contributed by atoms with E-state index in [-0.39, 0.29) is 36.1 Å². The van der Waals surface area contributed by atoms with Crippen LogP contribution in [0.4, 0.5) is 5.69 Å². The average Bonchev–Trinajstić information content (AvgIpc) is 2.24. The number of benzene rings is 1. The summed E-state index contributed by atoms with van der Waals surface area (Å²) in [6, 6.07) is 4.90. The van der Waals surface area contributed by atoms with Crippen molar-refractivity contribution in [1.82, 2.24) is 10.2 Å². The molecule has 0 aromatic heterocycles. The molecule has 7 heteroatoms. The van der Waals surface area contributed by atoms with Crippen LogP contribution in [-0.2, 0) is 0 Å². The molecule has 0 saturated carbocycles. The number of carbonyl (C=O) groups is 1. The lowest BCUT2D eigenvalue weighted by atomic mass is 9.93. The average molecular weight is 357 g/mol. The fourth-order valence-electron chi connectivity index (χ4n) is 2.04. The first kappa shape index (κ1) is 22.6. The van der Waals surface area contributed by atoms with Crippen LogP contribution in [-0.4, -0.2) is 38.0 Å². The molecule has 122 valence electrons. The van der Waals surface area contributed by atoms with Gasteiger partial charge < -0.3 is 16.0 Å². The molecule has 0 spiro atoms. The van der Waals surface area contributed by atoms with Gasteiger partial charge in [-0.25, -0.2) is 0 Å². The van der Waals surface area contributed by atoms with Crippen molar-refractivity contribution in [1.29, 1.82) is 0 Å². The molecule has 3 N–H and O–H groups in total. The van der Waals surface area contributed by atoms with Crippen molar-refractivity contribution in [2.45, 2.75) is 13.8 Å². The van der Waals surface area contributed by atoms with Gasteiger partial charge in [-0.15, -0.1) is 24.8 Å². The zero-order valence-electron chi connectivity index (χ0n) is 12.8. The van der Waals surface area contributed by atoms with Gasteiger partial charge in [0.2, 0.25) is 0 Å². The van der Waals surface area contributed by atoms with Crippen LogP contribution in [0.25, 0.3) is 0 Å². The van der Waals surface area contributed by atoms with Crippen molar-refractivity contribution >= 4 is 48.0 Å². The number of hydrogen-bond donors (Lipinski definition) is 2. The van der Waals surface area contributed by atoms with Crippen LogP contribution in [0.2, 0.25) is 5.02 Å². The maximum absolute atomic E-state index is 12.1. The Balaban J connectivity index is 0. The standard InChI is InChI=1S/C14H22ClN3O.2ClH/c1-14(2,9-18(3)4)8-17-13(19)11-6-5-10(16)7-12(11)15;;/h5-7H,8-9,16H2,1-4H3,(H,17,19);2*1H. The molecule has 0 heterocycles. The van der Waals surface area contributed by atoms with E-state index in [1.807, 2.05) is 14.1 Å². The number of carbonyl (C=O) groups excluding carboxylic acids is 1. The number of hydrogen-bond acceptors (Lipinski definition) is 3. The Bertz CT molecular complexity index is 465.